The van der Waals surface area contributed by atoms with Crippen LogP contribution < -0.4 is 4.74 Å². The third-order valence-electron chi connectivity index (χ3n) is 4.51. The second-order valence-electron chi connectivity index (χ2n) is 6.48. The van der Waals surface area contributed by atoms with E-state index in [1.165, 1.54) is 19.3 Å². The largest absolute Gasteiger partial charge is 0.493 e. The molecule has 0 spiro atoms. The van der Waals surface area contributed by atoms with E-state index in [9.17, 15) is 4.39 Å². The molecule has 1 aromatic carbocycles. The van der Waals surface area contributed by atoms with E-state index in [2.05, 4.69) is 18.0 Å². The van der Waals surface area contributed by atoms with Gasteiger partial charge in [-0.05, 0) is 48.9 Å². The molecule has 0 saturated carbocycles. The second-order valence-corrected chi connectivity index (χ2v) is 6.48. The number of aromatic nitrogens is 1. The molecule has 0 amide bonds. The van der Waals surface area contributed by atoms with Crippen molar-refractivity contribution in [1.82, 2.24) is 4.98 Å². The predicted octanol–water partition coefficient (Wildman–Crippen LogP) is 6.39. The van der Waals surface area contributed by atoms with Gasteiger partial charge in [0.05, 0.1) is 6.61 Å². The van der Waals surface area contributed by atoms with Crippen LogP contribution in [-0.2, 0) is 6.42 Å². The van der Waals surface area contributed by atoms with E-state index in [4.69, 9.17) is 4.74 Å². The first-order chi connectivity index (χ1) is 12.3. The Morgan fingerprint density at radius 3 is 2.68 bits per heavy atom. The monoisotopic (exact) mass is 343 g/mol. The number of rotatable bonds is 11. The van der Waals surface area contributed by atoms with Gasteiger partial charge in [0.2, 0.25) is 0 Å². The predicted molar refractivity (Wildman–Crippen MR) is 103 cm³/mol. The molecule has 2 aromatic rings. The highest BCUT2D eigenvalue weighted by molar-refractivity contribution is 5.72. The van der Waals surface area contributed by atoms with Gasteiger partial charge in [-0.15, -0.1) is 0 Å². The number of aryl methyl sites for hydroxylation is 1. The molecular weight excluding hydrogens is 313 g/mol. The fourth-order valence-corrected chi connectivity index (χ4v) is 2.93. The second kappa shape index (κ2) is 10.9. The Kier molecular flexibility index (Phi) is 8.44. The molecule has 2 rings (SSSR count). The van der Waals surface area contributed by atoms with Crippen LogP contribution in [-0.4, -0.2) is 17.8 Å². The fourth-order valence-electron chi connectivity index (χ4n) is 2.93. The van der Waals surface area contributed by atoms with Crippen molar-refractivity contribution in [3.8, 4) is 16.9 Å². The van der Waals surface area contributed by atoms with E-state index in [1.54, 1.807) is 6.20 Å². The van der Waals surface area contributed by atoms with Crippen LogP contribution in [0.2, 0.25) is 0 Å². The van der Waals surface area contributed by atoms with Crippen molar-refractivity contribution in [2.75, 3.05) is 6.61 Å². The van der Waals surface area contributed by atoms with Gasteiger partial charge in [-0.1, -0.05) is 51.3 Å². The van der Waals surface area contributed by atoms with E-state index < -0.39 is 6.17 Å². The van der Waals surface area contributed by atoms with E-state index in [0.29, 0.717) is 19.3 Å². The van der Waals surface area contributed by atoms with Crippen molar-refractivity contribution >= 4 is 0 Å². The molecule has 1 aromatic heterocycles. The number of nitrogens with zero attached hydrogens (tertiary/aromatic N) is 1. The average Bonchev–Trinajstić information content (AvgIpc) is 2.66. The molecule has 0 bridgehead atoms. The minimum absolute atomic E-state index is 0.537. The number of hydrogen-bond donors (Lipinski definition) is 0. The van der Waals surface area contributed by atoms with Gasteiger partial charge >= 0.3 is 0 Å². The maximum atomic E-state index is 13.7. The molecule has 25 heavy (non-hydrogen) atoms. The number of halogens is 1. The van der Waals surface area contributed by atoms with Crippen LogP contribution in [0, 0.1) is 0 Å². The molecule has 0 aliphatic heterocycles. The Balaban J connectivity index is 2.12. The minimum Gasteiger partial charge on any atom is -0.493 e. The Labute approximate surface area is 151 Å². The third kappa shape index (κ3) is 6.15. The van der Waals surface area contributed by atoms with Gasteiger partial charge in [0.15, 0.2) is 0 Å². The van der Waals surface area contributed by atoms with E-state index in [1.807, 2.05) is 37.4 Å². The summed E-state index contributed by atoms with van der Waals surface area (Å²) in [5.41, 5.74) is 3.25. The molecule has 0 aliphatic carbocycles. The number of unbranched alkanes of at least 4 members (excludes halogenated alkanes) is 3. The van der Waals surface area contributed by atoms with Crippen molar-refractivity contribution in [1.29, 1.82) is 0 Å². The van der Waals surface area contributed by atoms with Crippen molar-refractivity contribution < 1.29 is 9.13 Å². The lowest BCUT2D eigenvalue weighted by Gasteiger charge is -2.15. The minimum atomic E-state index is -0.752. The number of hydrogen-bond acceptors (Lipinski definition) is 2. The van der Waals surface area contributed by atoms with Crippen LogP contribution >= 0.6 is 0 Å². The van der Waals surface area contributed by atoms with Gasteiger partial charge in [-0.3, -0.25) is 4.98 Å². The molecule has 2 nitrogen and oxygen atoms in total. The molecule has 0 N–H and O–H groups in total. The molecular formula is C22H30FNO. The van der Waals surface area contributed by atoms with Crippen LogP contribution in [0.25, 0.3) is 11.1 Å². The van der Waals surface area contributed by atoms with Gasteiger partial charge < -0.3 is 4.74 Å². The highest BCUT2D eigenvalue weighted by Crippen LogP contribution is 2.33. The molecule has 0 radical (unpaired) electrons. The molecule has 1 atom stereocenters. The standard InChI is InChI=1S/C22H30FNO/c1-3-5-6-9-16-25-22-11-8-7-10-21(22)20-14-15-24-17-18(20)12-13-19(23)4-2/h7-8,10-11,14-15,17,19H,3-6,9,12-13,16H2,1-2H3. The maximum absolute atomic E-state index is 13.7. The van der Waals surface area contributed by atoms with Gasteiger partial charge in [-0.25, -0.2) is 4.39 Å². The highest BCUT2D eigenvalue weighted by atomic mass is 19.1. The van der Waals surface area contributed by atoms with Crippen LogP contribution in [0.15, 0.2) is 42.7 Å². The summed E-state index contributed by atoms with van der Waals surface area (Å²) in [5, 5.41) is 0. The maximum Gasteiger partial charge on any atom is 0.127 e. The number of alkyl halides is 1. The summed E-state index contributed by atoms with van der Waals surface area (Å²) in [5.74, 6) is 0.902. The summed E-state index contributed by atoms with van der Waals surface area (Å²) in [6.07, 6.45) is 9.45. The topological polar surface area (TPSA) is 22.1 Å². The van der Waals surface area contributed by atoms with Crippen LogP contribution in [0.1, 0.15) is 57.9 Å². The Hall–Kier alpha value is -1.90. The smallest absolute Gasteiger partial charge is 0.127 e. The third-order valence-corrected chi connectivity index (χ3v) is 4.51. The van der Waals surface area contributed by atoms with Crippen LogP contribution in [0.5, 0.6) is 5.75 Å². The zero-order chi connectivity index (χ0) is 17.9. The van der Waals surface area contributed by atoms with Crippen molar-refractivity contribution in [2.45, 2.75) is 65.0 Å². The fraction of sp³-hybridized carbons (Fsp3) is 0.500. The summed E-state index contributed by atoms with van der Waals surface area (Å²) in [7, 11) is 0. The van der Waals surface area contributed by atoms with Gasteiger partial charge in [-0.2, -0.15) is 0 Å². The zero-order valence-corrected chi connectivity index (χ0v) is 15.5. The van der Waals surface area contributed by atoms with Gasteiger partial charge in [0.25, 0.3) is 0 Å². The lowest BCUT2D eigenvalue weighted by Crippen LogP contribution is -2.03. The van der Waals surface area contributed by atoms with E-state index in [-0.39, 0.29) is 0 Å². The van der Waals surface area contributed by atoms with Crippen molar-refractivity contribution in [3.63, 3.8) is 0 Å². The number of para-hydroxylation sites is 1. The number of pyridine rings is 1. The number of ether oxygens (including phenoxy) is 1. The normalized spacial score (nSPS) is 12.1. The van der Waals surface area contributed by atoms with Crippen LogP contribution in [0.3, 0.4) is 0 Å². The summed E-state index contributed by atoms with van der Waals surface area (Å²) in [6, 6.07) is 10.1. The lowest BCUT2D eigenvalue weighted by atomic mass is 9.97. The van der Waals surface area contributed by atoms with Gasteiger partial charge in [0.1, 0.15) is 11.9 Å². The zero-order valence-electron chi connectivity index (χ0n) is 15.5. The van der Waals surface area contributed by atoms with Crippen molar-refractivity contribution in [2.24, 2.45) is 0 Å². The molecule has 1 heterocycles. The van der Waals surface area contributed by atoms with Crippen LogP contribution in [0.4, 0.5) is 4.39 Å². The first kappa shape index (κ1) is 19.4. The molecule has 1 unspecified atom stereocenters. The van der Waals surface area contributed by atoms with Crippen molar-refractivity contribution in [3.05, 3.63) is 48.3 Å². The SMILES string of the molecule is CCCCCCOc1ccccc1-c1ccncc1CCC(F)CC. The molecule has 0 fully saturated rings. The first-order valence-corrected chi connectivity index (χ1v) is 9.55. The first-order valence-electron chi connectivity index (χ1n) is 9.55. The van der Waals surface area contributed by atoms with E-state index in [0.717, 1.165) is 35.5 Å². The summed E-state index contributed by atoms with van der Waals surface area (Å²) >= 11 is 0. The molecule has 3 heteroatoms. The number of benzene rings is 1. The van der Waals surface area contributed by atoms with Gasteiger partial charge in [0, 0.05) is 18.0 Å². The lowest BCUT2D eigenvalue weighted by molar-refractivity contribution is 0.305. The summed E-state index contributed by atoms with van der Waals surface area (Å²) in [4.78, 5) is 4.24. The average molecular weight is 343 g/mol. The Bertz CT molecular complexity index is 629. The molecule has 136 valence electrons. The summed E-state index contributed by atoms with van der Waals surface area (Å²) < 4.78 is 19.7. The quantitative estimate of drug-likeness (QED) is 0.441. The molecule has 0 aliphatic rings. The molecule has 0 saturated heterocycles. The Morgan fingerprint density at radius 1 is 1.04 bits per heavy atom. The highest BCUT2D eigenvalue weighted by Gasteiger charge is 2.12. The van der Waals surface area contributed by atoms with E-state index >= 15 is 0 Å². The Morgan fingerprint density at radius 2 is 1.88 bits per heavy atom. The summed E-state index contributed by atoms with van der Waals surface area (Å²) in [6.45, 7) is 4.83.